The number of thioether (sulfide) groups is 1. The van der Waals surface area contributed by atoms with Gasteiger partial charge in [-0.3, -0.25) is 5.10 Å². The molecule has 3 heterocycles. The quantitative estimate of drug-likeness (QED) is 0.433. The van der Waals surface area contributed by atoms with Crippen LogP contribution in [0.2, 0.25) is 0 Å². The first-order valence-corrected chi connectivity index (χ1v) is 10.4. The van der Waals surface area contributed by atoms with Gasteiger partial charge in [-0.2, -0.15) is 0 Å². The fraction of sp³-hybridized carbons (Fsp3) is 0.286. The van der Waals surface area contributed by atoms with Gasteiger partial charge in [-0.25, -0.2) is 9.78 Å². The van der Waals surface area contributed by atoms with Gasteiger partial charge in [-0.15, -0.1) is 5.10 Å². The average Bonchev–Trinajstić information content (AvgIpc) is 3.41. The highest BCUT2D eigenvalue weighted by atomic mass is 32.2. The van der Waals surface area contributed by atoms with Crippen molar-refractivity contribution in [2.75, 3.05) is 6.79 Å². The molecule has 0 aliphatic carbocycles. The smallest absolute Gasteiger partial charge is 0.342 e. The number of hydrogen-bond donors (Lipinski definition) is 2. The number of carboxylic acid groups (broad SMARTS) is 1. The fourth-order valence-corrected chi connectivity index (χ4v) is 4.12. The Labute approximate surface area is 177 Å². The number of carboxylic acids is 1. The summed E-state index contributed by atoms with van der Waals surface area (Å²) in [6.07, 6.45) is 3.37. The number of fused-ring (bicyclic) bond motifs is 1. The predicted molar refractivity (Wildman–Crippen MR) is 113 cm³/mol. The molecule has 9 heteroatoms. The summed E-state index contributed by atoms with van der Waals surface area (Å²) in [6, 6.07) is 7.72. The Balaban J connectivity index is 1.66. The number of nitrogens with one attached hydrogen (secondary N) is 1. The highest BCUT2D eigenvalue weighted by molar-refractivity contribution is 8.04. The van der Waals surface area contributed by atoms with Gasteiger partial charge >= 0.3 is 5.97 Å². The normalized spacial score (nSPS) is 13.1. The van der Waals surface area contributed by atoms with E-state index in [0.29, 0.717) is 10.9 Å². The highest BCUT2D eigenvalue weighted by Gasteiger charge is 2.18. The molecule has 0 bridgehead atoms. The van der Waals surface area contributed by atoms with Crippen LogP contribution >= 0.6 is 11.8 Å². The molecule has 30 heavy (non-hydrogen) atoms. The summed E-state index contributed by atoms with van der Waals surface area (Å²) in [5.74, 6) is 1.16. The Morgan fingerprint density at radius 2 is 2.10 bits per heavy atom. The number of benzene rings is 1. The van der Waals surface area contributed by atoms with Gasteiger partial charge in [-0.05, 0) is 61.9 Å². The lowest BCUT2D eigenvalue weighted by Gasteiger charge is -2.10. The largest absolute Gasteiger partial charge is 0.477 e. The summed E-state index contributed by atoms with van der Waals surface area (Å²) in [6.45, 7) is 6.21. The summed E-state index contributed by atoms with van der Waals surface area (Å²) in [5, 5.41) is 17.1. The summed E-state index contributed by atoms with van der Waals surface area (Å²) in [5.41, 5.74) is 3.65. The molecule has 0 amide bonds. The third-order valence-electron chi connectivity index (χ3n) is 4.78. The van der Waals surface area contributed by atoms with E-state index in [1.165, 1.54) is 0 Å². The Morgan fingerprint density at radius 1 is 1.30 bits per heavy atom. The molecule has 2 aromatic heterocycles. The lowest BCUT2D eigenvalue weighted by Crippen LogP contribution is -2.00. The first kappa shape index (κ1) is 20.1. The first-order valence-electron chi connectivity index (χ1n) is 9.59. The molecule has 3 aromatic rings. The molecule has 8 nitrogen and oxygen atoms in total. The molecule has 4 rings (SSSR count). The molecular weight excluding hydrogens is 404 g/mol. The van der Waals surface area contributed by atoms with Crippen LogP contribution < -0.4 is 9.47 Å². The predicted octanol–water partition coefficient (Wildman–Crippen LogP) is 4.11. The molecule has 0 radical (unpaired) electrons. The Morgan fingerprint density at radius 3 is 2.87 bits per heavy atom. The lowest BCUT2D eigenvalue weighted by atomic mass is 10.2. The van der Waals surface area contributed by atoms with Crippen molar-refractivity contribution >= 4 is 23.8 Å². The van der Waals surface area contributed by atoms with E-state index in [9.17, 15) is 9.90 Å². The lowest BCUT2D eigenvalue weighted by molar-refractivity contribution is -0.131. The van der Waals surface area contributed by atoms with Crippen LogP contribution in [-0.2, 0) is 11.2 Å². The standard InChI is InChI=1S/C21H22N4O4S/c1-4-5-19-22-21(24-23-19)30-18(20(26)27)9-14-8-12(2)25(13(14)3)15-6-7-16-17(10-15)29-11-28-16/h6-10H,4-5,11H2,1-3H3,(H,26,27)(H,22,23,24)/b18-9+. The van der Waals surface area contributed by atoms with Crippen molar-refractivity contribution < 1.29 is 19.4 Å². The van der Waals surface area contributed by atoms with E-state index < -0.39 is 5.97 Å². The van der Waals surface area contributed by atoms with Crippen molar-refractivity contribution in [2.24, 2.45) is 0 Å². The molecule has 0 saturated heterocycles. The van der Waals surface area contributed by atoms with Crippen LogP contribution in [0.5, 0.6) is 11.5 Å². The van der Waals surface area contributed by atoms with Gasteiger partial charge in [0.1, 0.15) is 10.7 Å². The van der Waals surface area contributed by atoms with Crippen molar-refractivity contribution in [2.45, 2.75) is 38.8 Å². The number of aromatic nitrogens is 4. The van der Waals surface area contributed by atoms with Crippen LogP contribution in [0.1, 0.15) is 36.1 Å². The molecule has 0 unspecified atom stereocenters. The number of aliphatic carboxylic acids is 1. The maximum Gasteiger partial charge on any atom is 0.342 e. The number of rotatable bonds is 7. The molecule has 1 aromatic carbocycles. The number of hydrogen-bond acceptors (Lipinski definition) is 6. The van der Waals surface area contributed by atoms with E-state index >= 15 is 0 Å². The Hall–Kier alpha value is -3.20. The molecule has 0 fully saturated rings. The summed E-state index contributed by atoms with van der Waals surface area (Å²) in [4.78, 5) is 16.4. The van der Waals surface area contributed by atoms with Crippen LogP contribution in [0, 0.1) is 13.8 Å². The maximum absolute atomic E-state index is 11.8. The van der Waals surface area contributed by atoms with Gasteiger partial charge in [0.25, 0.3) is 0 Å². The van der Waals surface area contributed by atoms with Crippen LogP contribution in [0.4, 0.5) is 0 Å². The molecule has 0 saturated carbocycles. The average molecular weight is 426 g/mol. The Bertz CT molecular complexity index is 1130. The second-order valence-electron chi connectivity index (χ2n) is 6.93. The molecule has 1 aliphatic heterocycles. The molecular formula is C21H22N4O4S. The second kappa shape index (κ2) is 8.27. The van der Waals surface area contributed by atoms with Crippen molar-refractivity contribution in [1.82, 2.24) is 19.7 Å². The van der Waals surface area contributed by atoms with Gasteiger partial charge in [0.15, 0.2) is 11.5 Å². The number of aromatic amines is 1. The molecule has 0 spiro atoms. The van der Waals surface area contributed by atoms with E-state index in [0.717, 1.165) is 58.8 Å². The highest BCUT2D eigenvalue weighted by Crippen LogP contribution is 2.35. The van der Waals surface area contributed by atoms with E-state index in [4.69, 9.17) is 9.47 Å². The summed E-state index contributed by atoms with van der Waals surface area (Å²) < 4.78 is 12.9. The minimum atomic E-state index is -1.02. The number of H-pyrrole nitrogens is 1. The van der Waals surface area contributed by atoms with Crippen LogP contribution in [0.3, 0.4) is 0 Å². The molecule has 156 valence electrons. The second-order valence-corrected chi connectivity index (χ2v) is 7.94. The number of carbonyl (C=O) groups is 1. The molecule has 0 atom stereocenters. The topological polar surface area (TPSA) is 102 Å². The van der Waals surface area contributed by atoms with Gasteiger partial charge in [0.05, 0.1) is 0 Å². The van der Waals surface area contributed by atoms with Crippen LogP contribution in [0.15, 0.2) is 34.3 Å². The molecule has 2 N–H and O–H groups in total. The zero-order valence-corrected chi connectivity index (χ0v) is 17.7. The van der Waals surface area contributed by atoms with Crippen LogP contribution in [-0.4, -0.2) is 37.6 Å². The minimum Gasteiger partial charge on any atom is -0.477 e. The third kappa shape index (κ3) is 3.93. The van der Waals surface area contributed by atoms with E-state index in [1.54, 1.807) is 6.08 Å². The Kier molecular flexibility index (Phi) is 5.54. The minimum absolute atomic E-state index is 0.156. The van der Waals surface area contributed by atoms with Crippen molar-refractivity contribution in [3.05, 3.63) is 51.9 Å². The fourth-order valence-electron chi connectivity index (χ4n) is 3.40. The van der Waals surface area contributed by atoms with Gasteiger partial charge < -0.3 is 19.1 Å². The van der Waals surface area contributed by atoms with Crippen LogP contribution in [0.25, 0.3) is 11.8 Å². The molecule has 1 aliphatic rings. The first-order chi connectivity index (χ1) is 14.5. The SMILES string of the molecule is CCCc1nc(S/C(=C/c2cc(C)n(-c3ccc4c(c3)OCO4)c2C)C(=O)O)n[nH]1. The number of ether oxygens (including phenoxy) is 2. The zero-order chi connectivity index (χ0) is 21.3. The van der Waals surface area contributed by atoms with E-state index in [1.807, 2.05) is 45.0 Å². The monoisotopic (exact) mass is 426 g/mol. The van der Waals surface area contributed by atoms with E-state index in [2.05, 4.69) is 19.7 Å². The number of aryl methyl sites for hydroxylation is 2. The van der Waals surface area contributed by atoms with Gasteiger partial charge in [0, 0.05) is 29.6 Å². The number of nitrogens with zero attached hydrogens (tertiary/aromatic N) is 3. The van der Waals surface area contributed by atoms with Gasteiger partial charge in [-0.1, -0.05) is 6.92 Å². The summed E-state index contributed by atoms with van der Waals surface area (Å²) >= 11 is 1.04. The van der Waals surface area contributed by atoms with Crippen molar-refractivity contribution in [1.29, 1.82) is 0 Å². The van der Waals surface area contributed by atoms with Crippen molar-refractivity contribution in [3.8, 4) is 17.2 Å². The third-order valence-corrected chi connectivity index (χ3v) is 5.66. The zero-order valence-electron chi connectivity index (χ0n) is 16.9. The van der Waals surface area contributed by atoms with Gasteiger partial charge in [0.2, 0.25) is 11.9 Å². The summed E-state index contributed by atoms with van der Waals surface area (Å²) in [7, 11) is 0. The van der Waals surface area contributed by atoms with Crippen molar-refractivity contribution in [3.63, 3.8) is 0 Å². The maximum atomic E-state index is 11.8. The van der Waals surface area contributed by atoms with E-state index in [-0.39, 0.29) is 11.7 Å².